The van der Waals surface area contributed by atoms with Gasteiger partial charge in [0.2, 0.25) is 5.88 Å². The van der Waals surface area contributed by atoms with E-state index in [4.69, 9.17) is 11.2 Å². The standard InChI is InChI=1S/C9H9BrN2O/c1-4-6(2)13-9-5-8(10)11-7(3)12-9/h1,5-6H,2-3H3. The Labute approximate surface area is 85.7 Å². The molecule has 0 amide bonds. The zero-order valence-electron chi connectivity index (χ0n) is 7.41. The Bertz CT molecular complexity index is 326. The molecule has 13 heavy (non-hydrogen) atoms. The highest BCUT2D eigenvalue weighted by molar-refractivity contribution is 9.10. The normalized spacial score (nSPS) is 11.8. The topological polar surface area (TPSA) is 35.0 Å². The minimum atomic E-state index is -0.277. The number of ether oxygens (including phenoxy) is 1. The van der Waals surface area contributed by atoms with Crippen LogP contribution in [-0.2, 0) is 0 Å². The van der Waals surface area contributed by atoms with Gasteiger partial charge in [0, 0.05) is 6.07 Å². The molecule has 0 saturated heterocycles. The van der Waals surface area contributed by atoms with Crippen molar-refractivity contribution < 1.29 is 4.74 Å². The third-order valence-electron chi connectivity index (χ3n) is 1.32. The predicted molar refractivity (Wildman–Crippen MR) is 53.4 cm³/mol. The first-order valence-electron chi connectivity index (χ1n) is 3.76. The highest BCUT2D eigenvalue weighted by Crippen LogP contribution is 2.14. The third-order valence-corrected chi connectivity index (χ3v) is 1.72. The monoisotopic (exact) mass is 240 g/mol. The molecule has 0 aromatic carbocycles. The van der Waals surface area contributed by atoms with Crippen molar-refractivity contribution in [3.63, 3.8) is 0 Å². The van der Waals surface area contributed by atoms with Crippen molar-refractivity contribution in [3.8, 4) is 18.2 Å². The molecule has 0 spiro atoms. The van der Waals surface area contributed by atoms with Gasteiger partial charge in [0.15, 0.2) is 6.10 Å². The molecule has 0 radical (unpaired) electrons. The molecule has 0 aliphatic carbocycles. The molecule has 0 fully saturated rings. The quantitative estimate of drug-likeness (QED) is 0.586. The highest BCUT2D eigenvalue weighted by atomic mass is 79.9. The summed E-state index contributed by atoms with van der Waals surface area (Å²) in [7, 11) is 0. The van der Waals surface area contributed by atoms with E-state index in [0.29, 0.717) is 16.3 Å². The highest BCUT2D eigenvalue weighted by Gasteiger charge is 2.03. The average Bonchev–Trinajstić information content (AvgIpc) is 2.02. The van der Waals surface area contributed by atoms with Gasteiger partial charge in [-0.1, -0.05) is 5.92 Å². The van der Waals surface area contributed by atoms with Crippen molar-refractivity contribution in [2.75, 3.05) is 0 Å². The van der Waals surface area contributed by atoms with E-state index in [1.54, 1.807) is 19.9 Å². The molecule has 0 aliphatic heterocycles. The molecule has 1 aromatic heterocycles. The van der Waals surface area contributed by atoms with Crippen molar-refractivity contribution in [2.24, 2.45) is 0 Å². The lowest BCUT2D eigenvalue weighted by atomic mass is 10.4. The smallest absolute Gasteiger partial charge is 0.218 e. The van der Waals surface area contributed by atoms with Gasteiger partial charge >= 0.3 is 0 Å². The molecule has 1 heterocycles. The largest absolute Gasteiger partial charge is 0.461 e. The first kappa shape index (κ1) is 10.0. The minimum absolute atomic E-state index is 0.277. The lowest BCUT2D eigenvalue weighted by Gasteiger charge is -2.07. The van der Waals surface area contributed by atoms with Crippen molar-refractivity contribution in [1.82, 2.24) is 9.97 Å². The van der Waals surface area contributed by atoms with Gasteiger partial charge < -0.3 is 4.74 Å². The summed E-state index contributed by atoms with van der Waals surface area (Å²) >= 11 is 3.24. The molecule has 0 saturated carbocycles. The van der Waals surface area contributed by atoms with Crippen molar-refractivity contribution in [1.29, 1.82) is 0 Å². The maximum absolute atomic E-state index is 5.31. The summed E-state index contributed by atoms with van der Waals surface area (Å²) in [5, 5.41) is 0. The SMILES string of the molecule is C#CC(C)Oc1cc(Br)nc(C)n1. The van der Waals surface area contributed by atoms with E-state index in [-0.39, 0.29) is 6.10 Å². The molecule has 0 N–H and O–H groups in total. The maximum Gasteiger partial charge on any atom is 0.218 e. The molecule has 68 valence electrons. The van der Waals surface area contributed by atoms with Crippen LogP contribution in [0.2, 0.25) is 0 Å². The lowest BCUT2D eigenvalue weighted by Crippen LogP contribution is -2.10. The zero-order valence-corrected chi connectivity index (χ0v) is 9.00. The van der Waals surface area contributed by atoms with Gasteiger partial charge in [-0.2, -0.15) is 4.98 Å². The van der Waals surface area contributed by atoms with Crippen LogP contribution in [0.3, 0.4) is 0 Å². The van der Waals surface area contributed by atoms with Crippen LogP contribution in [0.5, 0.6) is 5.88 Å². The van der Waals surface area contributed by atoms with Crippen LogP contribution in [0.4, 0.5) is 0 Å². The summed E-state index contributed by atoms with van der Waals surface area (Å²) in [4.78, 5) is 8.10. The van der Waals surface area contributed by atoms with E-state index in [0.717, 1.165) is 0 Å². The number of hydrogen-bond acceptors (Lipinski definition) is 3. The zero-order chi connectivity index (χ0) is 9.84. The van der Waals surface area contributed by atoms with Crippen LogP contribution in [0.15, 0.2) is 10.7 Å². The number of terminal acetylenes is 1. The van der Waals surface area contributed by atoms with Crippen LogP contribution in [-0.4, -0.2) is 16.1 Å². The van der Waals surface area contributed by atoms with E-state index in [1.165, 1.54) is 0 Å². The van der Waals surface area contributed by atoms with E-state index in [9.17, 15) is 0 Å². The number of aryl methyl sites for hydroxylation is 1. The summed E-state index contributed by atoms with van der Waals surface area (Å²) in [6.07, 6.45) is 4.89. The Hall–Kier alpha value is -1.08. The lowest BCUT2D eigenvalue weighted by molar-refractivity contribution is 0.266. The molecular weight excluding hydrogens is 232 g/mol. The molecule has 1 unspecified atom stereocenters. The molecule has 3 nitrogen and oxygen atoms in total. The number of hydrogen-bond donors (Lipinski definition) is 0. The first-order valence-corrected chi connectivity index (χ1v) is 4.55. The fourth-order valence-corrected chi connectivity index (χ4v) is 1.23. The number of nitrogens with zero attached hydrogens (tertiary/aromatic N) is 2. The Kier molecular flexibility index (Phi) is 3.26. The van der Waals surface area contributed by atoms with Gasteiger partial charge in [0.1, 0.15) is 10.4 Å². The second-order valence-electron chi connectivity index (χ2n) is 2.50. The fraction of sp³-hybridized carbons (Fsp3) is 0.333. The van der Waals surface area contributed by atoms with Crippen LogP contribution >= 0.6 is 15.9 Å². The first-order chi connectivity index (χ1) is 6.11. The Morgan fingerprint density at radius 3 is 2.85 bits per heavy atom. The summed E-state index contributed by atoms with van der Waals surface area (Å²) in [5.41, 5.74) is 0. The molecular formula is C9H9BrN2O. The van der Waals surface area contributed by atoms with E-state index < -0.39 is 0 Å². The van der Waals surface area contributed by atoms with Crippen LogP contribution in [0.1, 0.15) is 12.7 Å². The van der Waals surface area contributed by atoms with Gasteiger partial charge in [-0.15, -0.1) is 6.42 Å². The fourth-order valence-electron chi connectivity index (χ4n) is 0.781. The molecule has 1 aromatic rings. The van der Waals surface area contributed by atoms with E-state index in [2.05, 4.69) is 31.8 Å². The third kappa shape index (κ3) is 3.03. The van der Waals surface area contributed by atoms with Gasteiger partial charge in [-0.3, -0.25) is 0 Å². The summed E-state index contributed by atoms with van der Waals surface area (Å²) in [6.45, 7) is 3.57. The predicted octanol–water partition coefficient (Wildman–Crippen LogP) is 1.95. The van der Waals surface area contributed by atoms with Gasteiger partial charge in [0.05, 0.1) is 0 Å². The second kappa shape index (κ2) is 4.24. The summed E-state index contributed by atoms with van der Waals surface area (Å²) in [6, 6.07) is 1.68. The second-order valence-corrected chi connectivity index (χ2v) is 3.32. The number of halogens is 1. The molecule has 0 bridgehead atoms. The molecule has 4 heteroatoms. The summed E-state index contributed by atoms with van der Waals surface area (Å²) in [5.74, 6) is 3.59. The van der Waals surface area contributed by atoms with Crippen LogP contribution < -0.4 is 4.74 Å². The molecule has 0 aliphatic rings. The minimum Gasteiger partial charge on any atom is -0.461 e. The van der Waals surface area contributed by atoms with Gasteiger partial charge in [-0.25, -0.2) is 4.98 Å². The Balaban J connectivity index is 2.84. The number of aromatic nitrogens is 2. The Morgan fingerprint density at radius 2 is 2.31 bits per heavy atom. The maximum atomic E-state index is 5.31. The van der Waals surface area contributed by atoms with Crippen molar-refractivity contribution >= 4 is 15.9 Å². The Morgan fingerprint density at radius 1 is 1.62 bits per heavy atom. The average molecular weight is 241 g/mol. The molecule has 1 rings (SSSR count). The van der Waals surface area contributed by atoms with Gasteiger partial charge in [0.25, 0.3) is 0 Å². The van der Waals surface area contributed by atoms with Crippen molar-refractivity contribution in [2.45, 2.75) is 20.0 Å². The van der Waals surface area contributed by atoms with Crippen molar-refractivity contribution in [3.05, 3.63) is 16.5 Å². The van der Waals surface area contributed by atoms with E-state index in [1.807, 2.05) is 0 Å². The van der Waals surface area contributed by atoms with Gasteiger partial charge in [-0.05, 0) is 29.8 Å². The molecule has 1 atom stereocenters. The van der Waals surface area contributed by atoms with Crippen LogP contribution in [0.25, 0.3) is 0 Å². The summed E-state index contributed by atoms with van der Waals surface area (Å²) < 4.78 is 6.00. The van der Waals surface area contributed by atoms with E-state index >= 15 is 0 Å². The van der Waals surface area contributed by atoms with Crippen LogP contribution in [0, 0.1) is 19.3 Å². The number of rotatable bonds is 2.